The first-order chi connectivity index (χ1) is 8.79. The first kappa shape index (κ1) is 12.2. The maximum atomic E-state index is 8.73. The van der Waals surface area contributed by atoms with Gasteiger partial charge in [0.2, 0.25) is 0 Å². The fraction of sp³-hybridized carbons (Fsp3) is 0.133. The minimum atomic E-state index is 0.527. The number of rotatable bonds is 4. The molecule has 0 fully saturated rings. The van der Waals surface area contributed by atoms with Gasteiger partial charge in [0.1, 0.15) is 12.4 Å². The molecule has 3 nitrogen and oxygen atoms in total. The van der Waals surface area contributed by atoms with Gasteiger partial charge in [0.15, 0.2) is 0 Å². The van der Waals surface area contributed by atoms with E-state index in [0.717, 1.165) is 16.9 Å². The Hall–Kier alpha value is -2.29. The summed E-state index contributed by atoms with van der Waals surface area (Å²) in [5, 5.41) is 11.9. The zero-order chi connectivity index (χ0) is 12.8. The van der Waals surface area contributed by atoms with Crippen LogP contribution in [0.15, 0.2) is 59.8 Å². The summed E-state index contributed by atoms with van der Waals surface area (Å²) >= 11 is 0. The molecule has 1 N–H and O–H groups in total. The van der Waals surface area contributed by atoms with Crippen LogP contribution in [0, 0.1) is 0 Å². The van der Waals surface area contributed by atoms with E-state index in [1.807, 2.05) is 54.6 Å². The highest BCUT2D eigenvalue weighted by molar-refractivity contribution is 5.98. The standard InChI is InChI=1S/C15H15NO2/c1-12(16-17)14-8-5-9-15(10-14)18-11-13-6-3-2-4-7-13/h2-10,17H,11H2,1H3/b16-12-. The molecule has 0 aliphatic rings. The minimum absolute atomic E-state index is 0.527. The van der Waals surface area contributed by atoms with E-state index in [1.54, 1.807) is 6.92 Å². The van der Waals surface area contributed by atoms with Crippen molar-refractivity contribution in [1.82, 2.24) is 0 Å². The Morgan fingerprint density at radius 2 is 1.89 bits per heavy atom. The monoisotopic (exact) mass is 241 g/mol. The minimum Gasteiger partial charge on any atom is -0.489 e. The number of benzene rings is 2. The quantitative estimate of drug-likeness (QED) is 0.506. The molecule has 3 heteroatoms. The van der Waals surface area contributed by atoms with Crippen molar-refractivity contribution in [2.45, 2.75) is 13.5 Å². The molecule has 0 atom stereocenters. The predicted molar refractivity (Wildman–Crippen MR) is 71.2 cm³/mol. The van der Waals surface area contributed by atoms with Gasteiger partial charge < -0.3 is 9.94 Å². The normalized spacial score (nSPS) is 11.3. The molecular weight excluding hydrogens is 226 g/mol. The molecule has 2 aromatic rings. The van der Waals surface area contributed by atoms with Crippen molar-refractivity contribution in [3.05, 3.63) is 65.7 Å². The van der Waals surface area contributed by atoms with Crippen LogP contribution in [-0.4, -0.2) is 10.9 Å². The molecule has 0 aromatic heterocycles. The van der Waals surface area contributed by atoms with Gasteiger partial charge in [-0.05, 0) is 24.6 Å². The van der Waals surface area contributed by atoms with Gasteiger partial charge in [0.05, 0.1) is 5.71 Å². The van der Waals surface area contributed by atoms with Crippen molar-refractivity contribution in [2.24, 2.45) is 5.16 Å². The van der Waals surface area contributed by atoms with Crippen LogP contribution in [0.3, 0.4) is 0 Å². The second-order valence-electron chi connectivity index (χ2n) is 3.99. The van der Waals surface area contributed by atoms with Gasteiger partial charge in [-0.15, -0.1) is 0 Å². The second-order valence-corrected chi connectivity index (χ2v) is 3.99. The molecule has 0 spiro atoms. The average Bonchev–Trinajstić information content (AvgIpc) is 2.45. The maximum Gasteiger partial charge on any atom is 0.120 e. The molecule has 0 aliphatic carbocycles. The largest absolute Gasteiger partial charge is 0.489 e. The van der Waals surface area contributed by atoms with Crippen LogP contribution in [-0.2, 0) is 6.61 Å². The summed E-state index contributed by atoms with van der Waals surface area (Å²) in [6.07, 6.45) is 0. The average molecular weight is 241 g/mol. The van der Waals surface area contributed by atoms with E-state index in [9.17, 15) is 0 Å². The maximum absolute atomic E-state index is 8.73. The fourth-order valence-electron chi connectivity index (χ4n) is 1.61. The van der Waals surface area contributed by atoms with Gasteiger partial charge in [0, 0.05) is 5.56 Å². The van der Waals surface area contributed by atoms with Crippen LogP contribution >= 0.6 is 0 Å². The molecule has 0 bridgehead atoms. The molecule has 0 radical (unpaired) electrons. The summed E-state index contributed by atoms with van der Waals surface area (Å²) in [5.74, 6) is 0.763. The van der Waals surface area contributed by atoms with Crippen LogP contribution in [0.25, 0.3) is 0 Å². The Labute approximate surface area is 106 Å². The summed E-state index contributed by atoms with van der Waals surface area (Å²) in [7, 11) is 0. The molecule has 2 aromatic carbocycles. The Balaban J connectivity index is 2.06. The lowest BCUT2D eigenvalue weighted by molar-refractivity contribution is 0.306. The van der Waals surface area contributed by atoms with E-state index in [-0.39, 0.29) is 0 Å². The first-order valence-electron chi connectivity index (χ1n) is 5.75. The number of ether oxygens (including phenoxy) is 1. The molecule has 92 valence electrons. The van der Waals surface area contributed by atoms with Crippen LogP contribution < -0.4 is 4.74 Å². The first-order valence-corrected chi connectivity index (χ1v) is 5.75. The van der Waals surface area contributed by atoms with Gasteiger partial charge in [-0.25, -0.2) is 0 Å². The Morgan fingerprint density at radius 3 is 2.61 bits per heavy atom. The zero-order valence-corrected chi connectivity index (χ0v) is 10.2. The Kier molecular flexibility index (Phi) is 3.97. The third kappa shape index (κ3) is 3.10. The van der Waals surface area contributed by atoms with Crippen LogP contribution in [0.1, 0.15) is 18.1 Å². The summed E-state index contributed by atoms with van der Waals surface area (Å²) < 4.78 is 5.69. The summed E-state index contributed by atoms with van der Waals surface area (Å²) in [4.78, 5) is 0. The molecule has 0 aliphatic heterocycles. The number of nitrogens with zero attached hydrogens (tertiary/aromatic N) is 1. The molecule has 0 amide bonds. The predicted octanol–water partition coefficient (Wildman–Crippen LogP) is 3.46. The molecule has 0 saturated heterocycles. The van der Waals surface area contributed by atoms with E-state index >= 15 is 0 Å². The third-order valence-corrected chi connectivity index (χ3v) is 2.65. The van der Waals surface area contributed by atoms with Gasteiger partial charge in [-0.2, -0.15) is 0 Å². The van der Waals surface area contributed by atoms with Crippen molar-refractivity contribution in [2.75, 3.05) is 0 Å². The van der Waals surface area contributed by atoms with Gasteiger partial charge in [-0.3, -0.25) is 0 Å². The van der Waals surface area contributed by atoms with Crippen LogP contribution in [0.4, 0.5) is 0 Å². The SMILES string of the molecule is C/C(=N/O)c1cccc(OCc2ccccc2)c1. The summed E-state index contributed by atoms with van der Waals surface area (Å²) in [5.41, 5.74) is 2.54. The van der Waals surface area contributed by atoms with Crippen molar-refractivity contribution in [3.63, 3.8) is 0 Å². The van der Waals surface area contributed by atoms with Crippen LogP contribution in [0.2, 0.25) is 0 Å². The second kappa shape index (κ2) is 5.87. The summed E-state index contributed by atoms with van der Waals surface area (Å²) in [6.45, 7) is 2.27. The highest BCUT2D eigenvalue weighted by Crippen LogP contribution is 2.15. The zero-order valence-electron chi connectivity index (χ0n) is 10.2. The highest BCUT2D eigenvalue weighted by Gasteiger charge is 2.00. The molecule has 0 heterocycles. The van der Waals surface area contributed by atoms with Crippen molar-refractivity contribution in [3.8, 4) is 5.75 Å². The van der Waals surface area contributed by atoms with Crippen molar-refractivity contribution >= 4 is 5.71 Å². The summed E-state index contributed by atoms with van der Waals surface area (Å²) in [6, 6.07) is 17.5. The number of oxime groups is 1. The lowest BCUT2D eigenvalue weighted by Gasteiger charge is -2.07. The van der Waals surface area contributed by atoms with E-state index < -0.39 is 0 Å². The Morgan fingerprint density at radius 1 is 1.11 bits per heavy atom. The highest BCUT2D eigenvalue weighted by atomic mass is 16.5. The number of hydrogen-bond donors (Lipinski definition) is 1. The fourth-order valence-corrected chi connectivity index (χ4v) is 1.61. The van der Waals surface area contributed by atoms with E-state index in [4.69, 9.17) is 9.94 Å². The van der Waals surface area contributed by atoms with Gasteiger partial charge >= 0.3 is 0 Å². The van der Waals surface area contributed by atoms with Gasteiger partial charge in [-0.1, -0.05) is 47.6 Å². The Bertz CT molecular complexity index is 535. The van der Waals surface area contributed by atoms with E-state index in [0.29, 0.717) is 12.3 Å². The molecule has 0 unspecified atom stereocenters. The van der Waals surface area contributed by atoms with Crippen molar-refractivity contribution in [1.29, 1.82) is 0 Å². The number of hydrogen-bond acceptors (Lipinski definition) is 3. The molecule has 0 saturated carbocycles. The van der Waals surface area contributed by atoms with E-state index in [1.165, 1.54) is 0 Å². The lowest BCUT2D eigenvalue weighted by atomic mass is 10.1. The van der Waals surface area contributed by atoms with E-state index in [2.05, 4.69) is 5.16 Å². The van der Waals surface area contributed by atoms with Crippen molar-refractivity contribution < 1.29 is 9.94 Å². The molecular formula is C15H15NO2. The molecule has 18 heavy (non-hydrogen) atoms. The van der Waals surface area contributed by atoms with Crippen LogP contribution in [0.5, 0.6) is 5.75 Å². The lowest BCUT2D eigenvalue weighted by Crippen LogP contribution is -1.98. The molecule has 2 rings (SSSR count). The third-order valence-electron chi connectivity index (χ3n) is 2.65. The smallest absolute Gasteiger partial charge is 0.120 e. The van der Waals surface area contributed by atoms with Gasteiger partial charge in [0.25, 0.3) is 0 Å². The topological polar surface area (TPSA) is 41.8 Å².